The Morgan fingerprint density at radius 1 is 1.17 bits per heavy atom. The van der Waals surface area contributed by atoms with E-state index in [2.05, 4.69) is 26.0 Å². The molecule has 0 fully saturated rings. The molecule has 0 saturated carbocycles. The number of anilines is 1. The fourth-order valence-electron chi connectivity index (χ4n) is 1.84. The van der Waals surface area contributed by atoms with Crippen LogP contribution in [0.4, 0.5) is 14.5 Å². The molecular formula is C15H10BrCl2F2NO2. The highest BCUT2D eigenvalue weighted by Crippen LogP contribution is 2.37. The Kier molecular flexibility index (Phi) is 6.21. The molecule has 0 radical (unpaired) electrons. The van der Waals surface area contributed by atoms with Crippen molar-refractivity contribution in [1.82, 2.24) is 0 Å². The van der Waals surface area contributed by atoms with Crippen LogP contribution >= 0.6 is 39.1 Å². The summed E-state index contributed by atoms with van der Waals surface area (Å²) in [6.07, 6.45) is 0.0510. The SMILES string of the molecule is O=C(Cc1ccc(Cl)cc1)Nc1cc(Cl)cc(Br)c1OC(F)F. The Morgan fingerprint density at radius 2 is 1.83 bits per heavy atom. The van der Waals surface area contributed by atoms with Gasteiger partial charge in [0.25, 0.3) is 0 Å². The van der Waals surface area contributed by atoms with Crippen LogP contribution in [0, 0.1) is 0 Å². The molecule has 0 spiro atoms. The Morgan fingerprint density at radius 3 is 2.43 bits per heavy atom. The maximum Gasteiger partial charge on any atom is 0.387 e. The third kappa shape index (κ3) is 5.34. The van der Waals surface area contributed by atoms with E-state index in [1.807, 2.05) is 0 Å². The molecule has 0 aliphatic heterocycles. The number of alkyl halides is 2. The van der Waals surface area contributed by atoms with Gasteiger partial charge in [-0.3, -0.25) is 4.79 Å². The van der Waals surface area contributed by atoms with Crippen LogP contribution in [0.2, 0.25) is 10.0 Å². The van der Waals surface area contributed by atoms with E-state index in [0.29, 0.717) is 5.02 Å². The topological polar surface area (TPSA) is 38.3 Å². The zero-order valence-corrected chi connectivity index (χ0v) is 14.6. The lowest BCUT2D eigenvalue weighted by atomic mass is 10.1. The van der Waals surface area contributed by atoms with Crippen LogP contribution in [-0.2, 0) is 11.2 Å². The Hall–Kier alpha value is -1.37. The standard InChI is InChI=1S/C15H10BrCl2F2NO2/c16-11-6-10(18)7-12(14(11)23-15(19)20)21-13(22)5-8-1-3-9(17)4-2-8/h1-4,6-7,15H,5H2,(H,21,22). The van der Waals surface area contributed by atoms with E-state index in [1.54, 1.807) is 24.3 Å². The summed E-state index contributed by atoms with van der Waals surface area (Å²) in [6.45, 7) is -3.03. The second-order valence-electron chi connectivity index (χ2n) is 4.49. The van der Waals surface area contributed by atoms with Gasteiger partial charge in [0.15, 0.2) is 5.75 Å². The third-order valence-electron chi connectivity index (χ3n) is 2.77. The van der Waals surface area contributed by atoms with Gasteiger partial charge in [-0.25, -0.2) is 0 Å². The van der Waals surface area contributed by atoms with Crippen molar-refractivity contribution >= 4 is 50.7 Å². The molecule has 2 aromatic rings. The van der Waals surface area contributed by atoms with E-state index >= 15 is 0 Å². The van der Waals surface area contributed by atoms with Crippen LogP contribution in [-0.4, -0.2) is 12.5 Å². The number of halogens is 5. The third-order valence-corrected chi connectivity index (χ3v) is 3.83. The highest BCUT2D eigenvalue weighted by atomic mass is 79.9. The van der Waals surface area contributed by atoms with E-state index in [0.717, 1.165) is 5.56 Å². The van der Waals surface area contributed by atoms with E-state index in [9.17, 15) is 13.6 Å². The molecule has 122 valence electrons. The molecule has 8 heteroatoms. The number of hydrogen-bond acceptors (Lipinski definition) is 2. The molecule has 0 aliphatic carbocycles. The van der Waals surface area contributed by atoms with Crippen molar-refractivity contribution in [2.45, 2.75) is 13.0 Å². The first-order valence-corrected chi connectivity index (χ1v) is 7.88. The van der Waals surface area contributed by atoms with Gasteiger partial charge in [0.1, 0.15) is 0 Å². The van der Waals surface area contributed by atoms with E-state index in [-0.39, 0.29) is 27.4 Å². The van der Waals surface area contributed by atoms with Crippen molar-refractivity contribution in [2.24, 2.45) is 0 Å². The molecule has 0 atom stereocenters. The summed E-state index contributed by atoms with van der Waals surface area (Å²) < 4.78 is 29.6. The zero-order chi connectivity index (χ0) is 17.0. The molecule has 0 aromatic heterocycles. The number of rotatable bonds is 5. The van der Waals surface area contributed by atoms with Crippen molar-refractivity contribution < 1.29 is 18.3 Å². The predicted octanol–water partition coefficient (Wildman–Crippen LogP) is 5.54. The average Bonchev–Trinajstić information content (AvgIpc) is 2.45. The minimum absolute atomic E-state index is 0.0510. The number of amides is 1. The van der Waals surface area contributed by atoms with Gasteiger partial charge < -0.3 is 10.1 Å². The lowest BCUT2D eigenvalue weighted by Crippen LogP contribution is -2.16. The molecule has 2 aromatic carbocycles. The lowest BCUT2D eigenvalue weighted by Gasteiger charge is -2.14. The Balaban J connectivity index is 2.17. The molecule has 23 heavy (non-hydrogen) atoms. The summed E-state index contributed by atoms with van der Waals surface area (Å²) >= 11 is 14.7. The van der Waals surface area contributed by atoms with E-state index in [1.165, 1.54) is 12.1 Å². The van der Waals surface area contributed by atoms with Crippen molar-refractivity contribution in [3.8, 4) is 5.75 Å². The van der Waals surface area contributed by atoms with Crippen molar-refractivity contribution in [3.05, 3.63) is 56.5 Å². The van der Waals surface area contributed by atoms with Crippen molar-refractivity contribution in [2.75, 3.05) is 5.32 Å². The molecule has 0 bridgehead atoms. The normalized spacial score (nSPS) is 10.7. The van der Waals surface area contributed by atoms with Crippen LogP contribution in [0.3, 0.4) is 0 Å². The van der Waals surface area contributed by atoms with Gasteiger partial charge in [-0.2, -0.15) is 8.78 Å². The second kappa shape index (κ2) is 7.95. The number of nitrogens with one attached hydrogen (secondary N) is 1. The van der Waals surface area contributed by atoms with Crippen LogP contribution < -0.4 is 10.1 Å². The number of ether oxygens (including phenoxy) is 1. The molecule has 2 rings (SSSR count). The highest BCUT2D eigenvalue weighted by molar-refractivity contribution is 9.10. The van der Waals surface area contributed by atoms with Crippen LogP contribution in [0.25, 0.3) is 0 Å². The molecule has 0 saturated heterocycles. The summed E-state index contributed by atoms with van der Waals surface area (Å²) in [5, 5.41) is 3.34. The number of benzene rings is 2. The van der Waals surface area contributed by atoms with Gasteiger partial charge in [0, 0.05) is 10.0 Å². The molecule has 0 heterocycles. The van der Waals surface area contributed by atoms with Gasteiger partial charge in [-0.15, -0.1) is 0 Å². The molecule has 1 N–H and O–H groups in total. The summed E-state index contributed by atoms with van der Waals surface area (Å²) in [7, 11) is 0. The fraction of sp³-hybridized carbons (Fsp3) is 0.133. The maximum absolute atomic E-state index is 12.5. The average molecular weight is 425 g/mol. The monoisotopic (exact) mass is 423 g/mol. The summed E-state index contributed by atoms with van der Waals surface area (Å²) in [5.74, 6) is -0.588. The van der Waals surface area contributed by atoms with Crippen molar-refractivity contribution in [3.63, 3.8) is 0 Å². The molecule has 1 amide bonds. The smallest absolute Gasteiger partial charge is 0.387 e. The van der Waals surface area contributed by atoms with Crippen LogP contribution in [0.15, 0.2) is 40.9 Å². The summed E-state index contributed by atoms with van der Waals surface area (Å²) in [6, 6.07) is 9.45. The minimum atomic E-state index is -3.03. The van der Waals surface area contributed by atoms with Gasteiger partial charge >= 0.3 is 6.61 Å². The van der Waals surface area contributed by atoms with Crippen LogP contribution in [0.5, 0.6) is 5.75 Å². The lowest BCUT2D eigenvalue weighted by molar-refractivity contribution is -0.115. The molecule has 0 unspecified atom stereocenters. The first-order chi connectivity index (χ1) is 10.8. The molecular weight excluding hydrogens is 415 g/mol. The number of carbonyl (C=O) groups is 1. The first-order valence-electron chi connectivity index (χ1n) is 6.33. The minimum Gasteiger partial charge on any atom is -0.431 e. The zero-order valence-electron chi connectivity index (χ0n) is 11.5. The quantitative estimate of drug-likeness (QED) is 0.684. The number of hydrogen-bond donors (Lipinski definition) is 1. The Bertz CT molecular complexity index is 711. The first kappa shape index (κ1) is 18.0. The predicted molar refractivity (Wildman–Crippen MR) is 89.6 cm³/mol. The Labute approximate surface area is 149 Å². The largest absolute Gasteiger partial charge is 0.431 e. The van der Waals surface area contributed by atoms with E-state index in [4.69, 9.17) is 23.2 Å². The molecule has 3 nitrogen and oxygen atoms in total. The van der Waals surface area contributed by atoms with E-state index < -0.39 is 12.5 Å². The number of carbonyl (C=O) groups excluding carboxylic acids is 1. The molecule has 0 aliphatic rings. The maximum atomic E-state index is 12.5. The summed E-state index contributed by atoms with van der Waals surface area (Å²) in [4.78, 5) is 12.1. The second-order valence-corrected chi connectivity index (χ2v) is 6.22. The van der Waals surface area contributed by atoms with Gasteiger partial charge in [-0.1, -0.05) is 35.3 Å². The van der Waals surface area contributed by atoms with Crippen LogP contribution in [0.1, 0.15) is 5.56 Å². The van der Waals surface area contributed by atoms with Gasteiger partial charge in [0.05, 0.1) is 16.6 Å². The summed E-state index contributed by atoms with van der Waals surface area (Å²) in [5.41, 5.74) is 0.785. The fourth-order valence-corrected chi connectivity index (χ4v) is 2.87. The van der Waals surface area contributed by atoms with Gasteiger partial charge in [0.2, 0.25) is 5.91 Å². The highest BCUT2D eigenvalue weighted by Gasteiger charge is 2.17. The van der Waals surface area contributed by atoms with Crippen molar-refractivity contribution in [1.29, 1.82) is 0 Å². The van der Waals surface area contributed by atoms with Gasteiger partial charge in [-0.05, 0) is 45.8 Å².